The molecule has 1 fully saturated rings. The van der Waals surface area contributed by atoms with Gasteiger partial charge in [0, 0.05) is 6.04 Å². The van der Waals surface area contributed by atoms with Crippen LogP contribution in [0.15, 0.2) is 47.3 Å². The van der Waals surface area contributed by atoms with Crippen LogP contribution >= 0.6 is 0 Å². The molecule has 3 rings (SSSR count). The van der Waals surface area contributed by atoms with Crippen molar-refractivity contribution >= 4 is 5.78 Å². The number of benzene rings is 1. The summed E-state index contributed by atoms with van der Waals surface area (Å²) in [7, 11) is 0. The van der Waals surface area contributed by atoms with Gasteiger partial charge in [0.05, 0.1) is 11.3 Å². The number of Topliss-reactive ketones (excluding diaryl/α,β-unsaturated/α-hetero) is 1. The van der Waals surface area contributed by atoms with E-state index >= 15 is 0 Å². The van der Waals surface area contributed by atoms with Gasteiger partial charge < -0.3 is 4.57 Å². The fourth-order valence-corrected chi connectivity index (χ4v) is 3.37. The van der Waals surface area contributed by atoms with E-state index in [9.17, 15) is 9.59 Å². The number of rotatable bonds is 3. The van der Waals surface area contributed by atoms with E-state index < -0.39 is 0 Å². The van der Waals surface area contributed by atoms with Crippen LogP contribution in [0.2, 0.25) is 0 Å². The van der Waals surface area contributed by atoms with E-state index in [0.29, 0.717) is 5.56 Å². The molecule has 1 aliphatic rings. The van der Waals surface area contributed by atoms with Crippen LogP contribution in [0.4, 0.5) is 0 Å². The third-order valence-electron chi connectivity index (χ3n) is 4.51. The van der Waals surface area contributed by atoms with Gasteiger partial charge in [0.2, 0.25) is 0 Å². The molecule has 0 atom stereocenters. The summed E-state index contributed by atoms with van der Waals surface area (Å²) in [6.45, 7) is 1.46. The number of hydrogen-bond acceptors (Lipinski definition) is 2. The van der Waals surface area contributed by atoms with E-state index in [-0.39, 0.29) is 17.4 Å². The van der Waals surface area contributed by atoms with E-state index in [0.717, 1.165) is 36.9 Å². The number of hydrogen-bond donors (Lipinski definition) is 0. The molecular weight excluding hydrogens is 274 g/mol. The summed E-state index contributed by atoms with van der Waals surface area (Å²) >= 11 is 0. The highest BCUT2D eigenvalue weighted by Crippen LogP contribution is 2.31. The highest BCUT2D eigenvalue weighted by Gasteiger charge is 2.22. The van der Waals surface area contributed by atoms with Crippen molar-refractivity contribution in [3.63, 3.8) is 0 Å². The maximum atomic E-state index is 12.8. The molecule has 0 bridgehead atoms. The summed E-state index contributed by atoms with van der Waals surface area (Å²) in [5, 5.41) is 0. The second kappa shape index (κ2) is 6.30. The van der Waals surface area contributed by atoms with Gasteiger partial charge in [0.25, 0.3) is 5.56 Å². The van der Waals surface area contributed by atoms with Crippen LogP contribution in [0.1, 0.15) is 55.4 Å². The molecule has 0 radical (unpaired) electrons. The third-order valence-corrected chi connectivity index (χ3v) is 4.51. The Morgan fingerprint density at radius 1 is 1.00 bits per heavy atom. The molecule has 1 heterocycles. The zero-order valence-corrected chi connectivity index (χ0v) is 12.9. The van der Waals surface area contributed by atoms with Gasteiger partial charge in [0.1, 0.15) is 0 Å². The molecule has 1 aromatic carbocycles. The van der Waals surface area contributed by atoms with Crippen molar-refractivity contribution in [2.45, 2.75) is 45.1 Å². The molecule has 0 saturated heterocycles. The first kappa shape index (κ1) is 14.8. The van der Waals surface area contributed by atoms with Crippen molar-refractivity contribution in [2.24, 2.45) is 0 Å². The van der Waals surface area contributed by atoms with E-state index in [1.54, 1.807) is 6.07 Å². The first-order valence-electron chi connectivity index (χ1n) is 8.00. The topological polar surface area (TPSA) is 39.1 Å². The number of nitrogens with zero attached hydrogens (tertiary/aromatic N) is 1. The van der Waals surface area contributed by atoms with E-state index in [2.05, 4.69) is 0 Å². The molecule has 0 unspecified atom stereocenters. The molecule has 1 aromatic heterocycles. The zero-order chi connectivity index (χ0) is 15.5. The van der Waals surface area contributed by atoms with E-state index in [4.69, 9.17) is 0 Å². The van der Waals surface area contributed by atoms with Gasteiger partial charge in [-0.3, -0.25) is 9.59 Å². The van der Waals surface area contributed by atoms with Crippen molar-refractivity contribution in [1.82, 2.24) is 4.57 Å². The molecule has 114 valence electrons. The van der Waals surface area contributed by atoms with Gasteiger partial charge in [-0.1, -0.05) is 49.6 Å². The van der Waals surface area contributed by atoms with Crippen LogP contribution in [-0.4, -0.2) is 10.4 Å². The van der Waals surface area contributed by atoms with Gasteiger partial charge in [-0.25, -0.2) is 0 Å². The van der Waals surface area contributed by atoms with Crippen LogP contribution in [-0.2, 0) is 0 Å². The van der Waals surface area contributed by atoms with Crippen LogP contribution in [0.25, 0.3) is 11.3 Å². The molecule has 0 amide bonds. The fourth-order valence-electron chi connectivity index (χ4n) is 3.37. The van der Waals surface area contributed by atoms with Crippen LogP contribution in [0, 0.1) is 0 Å². The Kier molecular flexibility index (Phi) is 4.23. The molecular formula is C19H21NO2. The minimum Gasteiger partial charge on any atom is -0.305 e. The Hall–Kier alpha value is -2.16. The zero-order valence-electron chi connectivity index (χ0n) is 12.9. The second-order valence-electron chi connectivity index (χ2n) is 6.02. The molecule has 22 heavy (non-hydrogen) atoms. The highest BCUT2D eigenvalue weighted by molar-refractivity contribution is 5.94. The highest BCUT2D eigenvalue weighted by atomic mass is 16.1. The first-order valence-corrected chi connectivity index (χ1v) is 8.00. The molecule has 1 aliphatic carbocycles. The van der Waals surface area contributed by atoms with Crippen molar-refractivity contribution in [3.05, 3.63) is 58.4 Å². The van der Waals surface area contributed by atoms with Crippen molar-refractivity contribution < 1.29 is 4.79 Å². The molecule has 3 nitrogen and oxygen atoms in total. The van der Waals surface area contributed by atoms with Gasteiger partial charge in [-0.15, -0.1) is 0 Å². The smallest absolute Gasteiger partial charge is 0.262 e. The average molecular weight is 295 g/mol. The van der Waals surface area contributed by atoms with Gasteiger partial charge >= 0.3 is 0 Å². The lowest BCUT2D eigenvalue weighted by atomic mass is 9.94. The maximum Gasteiger partial charge on any atom is 0.262 e. The molecule has 0 N–H and O–H groups in total. The summed E-state index contributed by atoms with van der Waals surface area (Å²) in [6, 6.07) is 13.7. The lowest BCUT2D eigenvalue weighted by Crippen LogP contribution is -2.31. The van der Waals surface area contributed by atoms with Crippen molar-refractivity contribution in [3.8, 4) is 11.3 Å². The summed E-state index contributed by atoms with van der Waals surface area (Å²) in [4.78, 5) is 24.6. The van der Waals surface area contributed by atoms with Crippen molar-refractivity contribution in [2.75, 3.05) is 0 Å². The molecule has 0 spiro atoms. The van der Waals surface area contributed by atoms with Crippen molar-refractivity contribution in [1.29, 1.82) is 0 Å². The van der Waals surface area contributed by atoms with E-state index in [1.807, 2.05) is 41.0 Å². The number of pyridine rings is 1. The number of carbonyl (C=O) groups excluding carboxylic acids is 1. The largest absolute Gasteiger partial charge is 0.305 e. The summed E-state index contributed by atoms with van der Waals surface area (Å²) in [5.41, 5.74) is 2.11. The number of ketones is 1. The quantitative estimate of drug-likeness (QED) is 0.795. The first-order chi connectivity index (χ1) is 10.7. The third kappa shape index (κ3) is 2.76. The SMILES string of the molecule is CC(=O)c1ccc(-c2ccccc2)n(C2CCCCC2)c1=O. The monoisotopic (exact) mass is 295 g/mol. The summed E-state index contributed by atoms with van der Waals surface area (Å²) in [6.07, 6.45) is 5.56. The molecule has 3 heteroatoms. The summed E-state index contributed by atoms with van der Waals surface area (Å²) < 4.78 is 1.87. The number of carbonyl (C=O) groups is 1. The van der Waals surface area contributed by atoms with Gasteiger partial charge in [-0.05, 0) is 37.5 Å². The Bertz CT molecular complexity index is 725. The summed E-state index contributed by atoms with van der Waals surface area (Å²) in [5.74, 6) is -0.158. The number of aromatic nitrogens is 1. The van der Waals surface area contributed by atoms with Gasteiger partial charge in [-0.2, -0.15) is 0 Å². The Morgan fingerprint density at radius 2 is 1.68 bits per heavy atom. The Morgan fingerprint density at radius 3 is 2.32 bits per heavy atom. The normalized spacial score (nSPS) is 15.7. The lowest BCUT2D eigenvalue weighted by Gasteiger charge is -2.27. The van der Waals surface area contributed by atoms with Gasteiger partial charge in [0.15, 0.2) is 5.78 Å². The Labute approximate surface area is 130 Å². The molecule has 1 saturated carbocycles. The fraction of sp³-hybridized carbons (Fsp3) is 0.368. The Balaban J connectivity index is 2.19. The predicted molar refractivity (Wildman–Crippen MR) is 88.3 cm³/mol. The van der Waals surface area contributed by atoms with Crippen LogP contribution < -0.4 is 5.56 Å². The average Bonchev–Trinajstić information content (AvgIpc) is 2.55. The van der Waals surface area contributed by atoms with E-state index in [1.165, 1.54) is 13.3 Å². The minimum absolute atomic E-state index is 0.138. The maximum absolute atomic E-state index is 12.8. The second-order valence-corrected chi connectivity index (χ2v) is 6.02. The van der Waals surface area contributed by atoms with Crippen LogP contribution in [0.5, 0.6) is 0 Å². The van der Waals surface area contributed by atoms with Crippen LogP contribution in [0.3, 0.4) is 0 Å². The predicted octanol–water partition coefficient (Wildman–Crippen LogP) is 4.22. The standard InChI is InChI=1S/C19H21NO2/c1-14(21)17-12-13-18(15-8-4-2-5-9-15)20(19(17)22)16-10-6-3-7-11-16/h2,4-5,8-9,12-13,16H,3,6-7,10-11H2,1H3. The molecule has 2 aromatic rings. The molecule has 0 aliphatic heterocycles. The minimum atomic E-state index is -0.158. The lowest BCUT2D eigenvalue weighted by molar-refractivity contribution is 0.101.